The van der Waals surface area contributed by atoms with Crippen molar-refractivity contribution >= 4 is 15.9 Å². The van der Waals surface area contributed by atoms with E-state index < -0.39 is 6.10 Å². The van der Waals surface area contributed by atoms with E-state index in [1.807, 2.05) is 0 Å². The first-order valence-corrected chi connectivity index (χ1v) is 6.45. The first-order chi connectivity index (χ1) is 8.65. The molecule has 18 heavy (non-hydrogen) atoms. The number of hydrogen-bond donors (Lipinski definition) is 1. The van der Waals surface area contributed by atoms with Gasteiger partial charge in [0, 0.05) is 17.5 Å². The van der Waals surface area contributed by atoms with Gasteiger partial charge in [0.05, 0.1) is 27.4 Å². The molecule has 1 atom stereocenters. The molecule has 6 heteroatoms. The topological polar surface area (TPSA) is 57.2 Å². The molecular weight excluding hydrogens is 304 g/mol. The number of ether oxygens (including phenoxy) is 4. The molecule has 1 unspecified atom stereocenters. The van der Waals surface area contributed by atoms with Crippen LogP contribution in [-0.2, 0) is 0 Å². The van der Waals surface area contributed by atoms with Crippen LogP contribution in [0.25, 0.3) is 0 Å². The third-order valence-electron chi connectivity index (χ3n) is 2.26. The average molecular weight is 321 g/mol. The maximum absolute atomic E-state index is 9.41. The lowest BCUT2D eigenvalue weighted by Gasteiger charge is -2.15. The molecule has 0 fully saturated rings. The van der Waals surface area contributed by atoms with Crippen molar-refractivity contribution in [3.05, 3.63) is 12.1 Å². The Morgan fingerprint density at radius 3 is 2.06 bits per heavy atom. The number of aliphatic hydroxyl groups excluding tert-OH is 1. The Morgan fingerprint density at radius 2 is 1.67 bits per heavy atom. The van der Waals surface area contributed by atoms with Crippen LogP contribution >= 0.6 is 15.9 Å². The molecule has 1 aromatic carbocycles. The molecule has 0 bridgehead atoms. The highest BCUT2D eigenvalue weighted by Crippen LogP contribution is 2.40. The normalized spacial score (nSPS) is 11.8. The summed E-state index contributed by atoms with van der Waals surface area (Å²) in [6, 6.07) is 3.37. The van der Waals surface area contributed by atoms with Gasteiger partial charge in [-0.3, -0.25) is 0 Å². The minimum absolute atomic E-state index is 0.184. The van der Waals surface area contributed by atoms with E-state index in [2.05, 4.69) is 15.9 Å². The molecule has 1 N–H and O–H groups in total. The monoisotopic (exact) mass is 320 g/mol. The van der Waals surface area contributed by atoms with Crippen LogP contribution in [0.2, 0.25) is 0 Å². The van der Waals surface area contributed by atoms with Crippen molar-refractivity contribution in [3.8, 4) is 23.0 Å². The Balaban J connectivity index is 2.93. The highest BCUT2D eigenvalue weighted by atomic mass is 79.9. The Labute approximate surface area is 115 Å². The van der Waals surface area contributed by atoms with Crippen molar-refractivity contribution in [2.24, 2.45) is 0 Å². The SMILES string of the molecule is COc1cc(OCC(O)CBr)cc(OC)c1OC. The molecule has 0 aliphatic rings. The zero-order valence-corrected chi connectivity index (χ0v) is 12.2. The zero-order valence-electron chi connectivity index (χ0n) is 10.6. The predicted octanol–water partition coefficient (Wildman–Crippen LogP) is 1.85. The summed E-state index contributed by atoms with van der Waals surface area (Å²) in [5.41, 5.74) is 0. The summed E-state index contributed by atoms with van der Waals surface area (Å²) < 4.78 is 21.0. The minimum atomic E-state index is -0.566. The van der Waals surface area contributed by atoms with Crippen molar-refractivity contribution in [2.75, 3.05) is 33.3 Å². The van der Waals surface area contributed by atoms with Gasteiger partial charge in [0.25, 0.3) is 0 Å². The summed E-state index contributed by atoms with van der Waals surface area (Å²) in [4.78, 5) is 0. The highest BCUT2D eigenvalue weighted by molar-refractivity contribution is 9.09. The Hall–Kier alpha value is -1.14. The number of alkyl halides is 1. The summed E-state index contributed by atoms with van der Waals surface area (Å²) in [5, 5.41) is 9.87. The van der Waals surface area contributed by atoms with Gasteiger partial charge in [-0.25, -0.2) is 0 Å². The van der Waals surface area contributed by atoms with Crippen LogP contribution in [0.1, 0.15) is 0 Å². The average Bonchev–Trinajstić information content (AvgIpc) is 2.43. The van der Waals surface area contributed by atoms with E-state index in [0.717, 1.165) is 0 Å². The lowest BCUT2D eigenvalue weighted by molar-refractivity contribution is 0.127. The van der Waals surface area contributed by atoms with Crippen LogP contribution in [-0.4, -0.2) is 44.5 Å². The fourth-order valence-corrected chi connectivity index (χ4v) is 1.56. The molecule has 0 amide bonds. The summed E-state index contributed by atoms with van der Waals surface area (Å²) in [6.45, 7) is 0.184. The van der Waals surface area contributed by atoms with Gasteiger partial charge in [0.1, 0.15) is 12.4 Å². The van der Waals surface area contributed by atoms with Gasteiger partial charge in [0.2, 0.25) is 5.75 Å². The molecule has 0 saturated carbocycles. The highest BCUT2D eigenvalue weighted by Gasteiger charge is 2.14. The second-order valence-electron chi connectivity index (χ2n) is 3.48. The number of aliphatic hydroxyl groups is 1. The van der Waals surface area contributed by atoms with Gasteiger partial charge < -0.3 is 24.1 Å². The van der Waals surface area contributed by atoms with Crippen molar-refractivity contribution in [1.82, 2.24) is 0 Å². The van der Waals surface area contributed by atoms with Gasteiger partial charge in [-0.05, 0) is 0 Å². The second kappa shape index (κ2) is 7.33. The standard InChI is InChI=1S/C12H17BrO5/c1-15-10-4-9(18-7-8(14)6-13)5-11(16-2)12(10)17-3/h4-5,8,14H,6-7H2,1-3H3. The number of benzene rings is 1. The van der Waals surface area contributed by atoms with Crippen LogP contribution < -0.4 is 18.9 Å². The van der Waals surface area contributed by atoms with Crippen molar-refractivity contribution in [1.29, 1.82) is 0 Å². The summed E-state index contributed by atoms with van der Waals surface area (Å²) in [5.74, 6) is 2.08. The fraction of sp³-hybridized carbons (Fsp3) is 0.500. The summed E-state index contributed by atoms with van der Waals surface area (Å²) in [6.07, 6.45) is -0.566. The van der Waals surface area contributed by atoms with Gasteiger partial charge in [-0.1, -0.05) is 15.9 Å². The smallest absolute Gasteiger partial charge is 0.203 e. The number of hydrogen-bond acceptors (Lipinski definition) is 5. The van der Waals surface area contributed by atoms with E-state index in [-0.39, 0.29) is 6.61 Å². The lowest BCUT2D eigenvalue weighted by atomic mass is 10.2. The number of methoxy groups -OCH3 is 3. The van der Waals surface area contributed by atoms with Crippen LogP contribution in [0.5, 0.6) is 23.0 Å². The fourth-order valence-electron chi connectivity index (χ4n) is 1.38. The zero-order chi connectivity index (χ0) is 13.5. The van der Waals surface area contributed by atoms with Crippen LogP contribution in [0.15, 0.2) is 12.1 Å². The molecule has 1 rings (SSSR count). The molecule has 0 spiro atoms. The van der Waals surface area contributed by atoms with Crippen LogP contribution in [0.4, 0.5) is 0 Å². The van der Waals surface area contributed by atoms with Crippen molar-refractivity contribution in [3.63, 3.8) is 0 Å². The lowest BCUT2D eigenvalue weighted by Crippen LogP contribution is -2.18. The molecule has 0 heterocycles. The summed E-state index contributed by atoms with van der Waals surface area (Å²) in [7, 11) is 4.61. The predicted molar refractivity (Wildman–Crippen MR) is 71.4 cm³/mol. The maximum Gasteiger partial charge on any atom is 0.203 e. The second-order valence-corrected chi connectivity index (χ2v) is 4.13. The van der Waals surface area contributed by atoms with E-state index in [1.165, 1.54) is 21.3 Å². The third kappa shape index (κ3) is 3.68. The van der Waals surface area contributed by atoms with Crippen LogP contribution in [0.3, 0.4) is 0 Å². The molecule has 0 aliphatic heterocycles. The van der Waals surface area contributed by atoms with Gasteiger partial charge >= 0.3 is 0 Å². The quantitative estimate of drug-likeness (QED) is 0.777. The first kappa shape index (κ1) is 14.9. The molecule has 0 aromatic heterocycles. The number of rotatable bonds is 7. The van der Waals surface area contributed by atoms with E-state index in [4.69, 9.17) is 18.9 Å². The third-order valence-corrected chi connectivity index (χ3v) is 3.01. The Bertz CT molecular complexity index is 358. The van der Waals surface area contributed by atoms with Crippen LogP contribution in [0, 0.1) is 0 Å². The van der Waals surface area contributed by atoms with Gasteiger partial charge in [-0.15, -0.1) is 0 Å². The minimum Gasteiger partial charge on any atom is -0.493 e. The molecule has 0 aliphatic carbocycles. The Kier molecular flexibility index (Phi) is 6.07. The Morgan fingerprint density at radius 1 is 1.11 bits per heavy atom. The van der Waals surface area contributed by atoms with Crippen molar-refractivity contribution < 1.29 is 24.1 Å². The van der Waals surface area contributed by atoms with Gasteiger partial charge in [0.15, 0.2) is 11.5 Å². The van der Waals surface area contributed by atoms with E-state index in [1.54, 1.807) is 12.1 Å². The molecule has 1 aromatic rings. The molecule has 102 valence electrons. The molecule has 0 radical (unpaired) electrons. The number of halogens is 1. The summed E-state index contributed by atoms with van der Waals surface area (Å²) >= 11 is 3.17. The molecular formula is C12H17BrO5. The van der Waals surface area contributed by atoms with E-state index in [9.17, 15) is 5.11 Å². The molecule has 0 saturated heterocycles. The van der Waals surface area contributed by atoms with E-state index in [0.29, 0.717) is 28.3 Å². The maximum atomic E-state index is 9.41. The molecule has 5 nitrogen and oxygen atoms in total. The van der Waals surface area contributed by atoms with Gasteiger partial charge in [-0.2, -0.15) is 0 Å². The van der Waals surface area contributed by atoms with E-state index >= 15 is 0 Å². The van der Waals surface area contributed by atoms with Crippen molar-refractivity contribution in [2.45, 2.75) is 6.10 Å². The largest absolute Gasteiger partial charge is 0.493 e. The first-order valence-electron chi connectivity index (χ1n) is 5.33.